The molecular formula is C33H43N5O6. The first-order chi connectivity index (χ1) is 20.9. The predicted molar refractivity (Wildman–Crippen MR) is 167 cm³/mol. The lowest BCUT2D eigenvalue weighted by atomic mass is 9.88. The molecule has 1 saturated heterocycles. The molecule has 0 saturated carbocycles. The highest BCUT2D eigenvalue weighted by Gasteiger charge is 2.32. The minimum Gasteiger partial charge on any atom is -0.508 e. The molecule has 7 N–H and O–H groups in total. The van der Waals surface area contributed by atoms with E-state index in [0.717, 1.165) is 22.9 Å². The summed E-state index contributed by atoms with van der Waals surface area (Å²) in [6.45, 7) is 6.70. The number of para-hydroxylation sites is 1. The van der Waals surface area contributed by atoms with Crippen LogP contribution in [0.3, 0.4) is 0 Å². The Kier molecular flexibility index (Phi) is 10.6. The molecule has 4 atom stereocenters. The van der Waals surface area contributed by atoms with Crippen molar-refractivity contribution in [2.75, 3.05) is 6.54 Å². The molecule has 1 aliphatic heterocycles. The van der Waals surface area contributed by atoms with E-state index in [1.54, 1.807) is 18.3 Å². The molecule has 11 nitrogen and oxygen atoms in total. The summed E-state index contributed by atoms with van der Waals surface area (Å²) < 4.78 is 0. The number of phenols is 1. The number of aromatic nitrogens is 1. The number of hydrogen-bond donors (Lipinski definition) is 7. The highest BCUT2D eigenvalue weighted by Crippen LogP contribution is 2.23. The predicted octanol–water partition coefficient (Wildman–Crippen LogP) is 2.78. The largest absolute Gasteiger partial charge is 0.508 e. The van der Waals surface area contributed by atoms with Crippen molar-refractivity contribution in [3.63, 3.8) is 0 Å². The third kappa shape index (κ3) is 9.06. The number of nitrogens with one attached hydrogen (secondary N) is 5. The van der Waals surface area contributed by atoms with Crippen LogP contribution in [0.1, 0.15) is 57.6 Å². The van der Waals surface area contributed by atoms with Crippen molar-refractivity contribution in [2.24, 2.45) is 5.41 Å². The average molecular weight is 606 g/mol. The molecule has 0 aliphatic carbocycles. The minimum absolute atomic E-state index is 0.0730. The van der Waals surface area contributed by atoms with E-state index in [1.807, 2.05) is 45.0 Å². The number of aromatic amines is 1. The zero-order valence-corrected chi connectivity index (χ0v) is 25.5. The summed E-state index contributed by atoms with van der Waals surface area (Å²) >= 11 is 0. The first-order valence-corrected chi connectivity index (χ1v) is 15.1. The van der Waals surface area contributed by atoms with Gasteiger partial charge in [0.1, 0.15) is 23.9 Å². The number of carboxylic acids is 1. The SMILES string of the molecule is CC(C)(C)CC[C@H](NC(=O)[C@H](Cc1c[nH]c2ccccc12)NC(=O)[C@H](Cc1ccc(O)cc1)NC(=O)[C@@H]1CCCN1)C(=O)O. The molecule has 236 valence electrons. The molecule has 11 heteroatoms. The zero-order valence-electron chi connectivity index (χ0n) is 25.5. The van der Waals surface area contributed by atoms with Crippen molar-refractivity contribution in [3.05, 3.63) is 65.9 Å². The van der Waals surface area contributed by atoms with Crippen LogP contribution in [0.15, 0.2) is 54.7 Å². The van der Waals surface area contributed by atoms with Gasteiger partial charge in [-0.2, -0.15) is 0 Å². The monoisotopic (exact) mass is 605 g/mol. The van der Waals surface area contributed by atoms with E-state index in [-0.39, 0.29) is 36.3 Å². The van der Waals surface area contributed by atoms with Crippen LogP contribution in [-0.4, -0.2) is 69.6 Å². The number of phenolic OH excluding ortho intramolecular Hbond substituents is 1. The Morgan fingerprint density at radius 2 is 1.57 bits per heavy atom. The van der Waals surface area contributed by atoms with Crippen LogP contribution in [0.4, 0.5) is 0 Å². The third-order valence-corrected chi connectivity index (χ3v) is 7.92. The summed E-state index contributed by atoms with van der Waals surface area (Å²) in [5, 5.41) is 31.9. The van der Waals surface area contributed by atoms with Crippen LogP contribution in [0, 0.1) is 5.41 Å². The van der Waals surface area contributed by atoms with Crippen LogP contribution in [0.2, 0.25) is 0 Å². The van der Waals surface area contributed by atoms with E-state index < -0.39 is 42.0 Å². The fraction of sp³-hybridized carbons (Fsp3) is 0.455. The van der Waals surface area contributed by atoms with Gasteiger partial charge in [0.25, 0.3) is 0 Å². The molecule has 3 amide bonds. The molecule has 3 aromatic rings. The smallest absolute Gasteiger partial charge is 0.326 e. The van der Waals surface area contributed by atoms with Gasteiger partial charge in [0, 0.05) is 29.9 Å². The normalized spacial score (nSPS) is 17.0. The second-order valence-corrected chi connectivity index (χ2v) is 12.7. The number of aliphatic carboxylic acids is 1. The lowest BCUT2D eigenvalue weighted by Crippen LogP contribution is -2.58. The van der Waals surface area contributed by atoms with Crippen LogP contribution in [0.5, 0.6) is 5.75 Å². The fourth-order valence-corrected chi connectivity index (χ4v) is 5.37. The van der Waals surface area contributed by atoms with Crippen LogP contribution in [0.25, 0.3) is 10.9 Å². The molecule has 1 fully saturated rings. The second kappa shape index (κ2) is 14.4. The fourth-order valence-electron chi connectivity index (χ4n) is 5.37. The van der Waals surface area contributed by atoms with Gasteiger partial charge in [-0.15, -0.1) is 0 Å². The van der Waals surface area contributed by atoms with Crippen molar-refractivity contribution >= 4 is 34.6 Å². The Bertz CT molecular complexity index is 1460. The highest BCUT2D eigenvalue weighted by molar-refractivity contribution is 5.95. The number of H-pyrrole nitrogens is 1. The quantitative estimate of drug-likeness (QED) is 0.157. The van der Waals surface area contributed by atoms with Crippen LogP contribution < -0.4 is 21.3 Å². The Morgan fingerprint density at radius 1 is 0.909 bits per heavy atom. The molecule has 0 spiro atoms. The number of carbonyl (C=O) groups excluding carboxylic acids is 3. The van der Waals surface area contributed by atoms with Gasteiger partial charge in [-0.1, -0.05) is 51.1 Å². The van der Waals surface area contributed by atoms with Gasteiger partial charge in [0.2, 0.25) is 17.7 Å². The van der Waals surface area contributed by atoms with Gasteiger partial charge in [0.15, 0.2) is 0 Å². The molecule has 0 unspecified atom stereocenters. The molecule has 44 heavy (non-hydrogen) atoms. The maximum atomic E-state index is 13.8. The van der Waals surface area contributed by atoms with Gasteiger partial charge in [-0.05, 0) is 67.0 Å². The topological polar surface area (TPSA) is 173 Å². The maximum absolute atomic E-state index is 13.8. The van der Waals surface area contributed by atoms with Crippen molar-refractivity contribution < 1.29 is 29.4 Å². The van der Waals surface area contributed by atoms with E-state index >= 15 is 0 Å². The van der Waals surface area contributed by atoms with E-state index in [2.05, 4.69) is 26.3 Å². The summed E-state index contributed by atoms with van der Waals surface area (Å²) in [7, 11) is 0. The number of fused-ring (bicyclic) bond motifs is 1. The average Bonchev–Trinajstić information content (AvgIpc) is 3.66. The maximum Gasteiger partial charge on any atom is 0.326 e. The highest BCUT2D eigenvalue weighted by atomic mass is 16.4. The first-order valence-electron chi connectivity index (χ1n) is 15.1. The summed E-state index contributed by atoms with van der Waals surface area (Å²) in [5.74, 6) is -2.60. The van der Waals surface area contributed by atoms with Crippen LogP contribution >= 0.6 is 0 Å². The molecule has 1 aromatic heterocycles. The number of carbonyl (C=O) groups is 4. The minimum atomic E-state index is -1.15. The Hall–Kier alpha value is -4.38. The van der Waals surface area contributed by atoms with Crippen molar-refractivity contribution in [3.8, 4) is 5.75 Å². The van der Waals surface area contributed by atoms with Crippen molar-refractivity contribution in [1.82, 2.24) is 26.3 Å². The molecule has 0 radical (unpaired) electrons. The summed E-state index contributed by atoms with van der Waals surface area (Å²) in [6, 6.07) is 10.2. The second-order valence-electron chi connectivity index (χ2n) is 12.7. The number of carboxylic acid groups (broad SMARTS) is 1. The standard InChI is InChI=1S/C33H43N5O6/c1-33(2,3)15-14-26(32(43)44)36-31(42)28(18-21-19-35-24-8-5-4-7-23(21)24)38-30(41)27(17-20-10-12-22(39)13-11-20)37-29(40)25-9-6-16-34-25/h4-5,7-8,10-13,19,25-28,34-35,39H,6,9,14-18H2,1-3H3,(H,36,42)(H,37,40)(H,38,41)(H,43,44)/t25-,26-,27-,28-/m0/s1. The van der Waals surface area contributed by atoms with E-state index in [9.17, 15) is 29.4 Å². The molecular weight excluding hydrogens is 562 g/mol. The van der Waals surface area contributed by atoms with E-state index in [1.165, 1.54) is 12.1 Å². The van der Waals surface area contributed by atoms with Gasteiger partial charge >= 0.3 is 5.97 Å². The Morgan fingerprint density at radius 3 is 2.20 bits per heavy atom. The van der Waals surface area contributed by atoms with E-state index in [0.29, 0.717) is 24.9 Å². The summed E-state index contributed by atoms with van der Waals surface area (Å²) in [5.41, 5.74) is 2.21. The van der Waals surface area contributed by atoms with Gasteiger partial charge in [-0.25, -0.2) is 4.79 Å². The van der Waals surface area contributed by atoms with Gasteiger partial charge < -0.3 is 36.5 Å². The molecule has 2 aromatic carbocycles. The number of rotatable bonds is 13. The van der Waals surface area contributed by atoms with E-state index in [4.69, 9.17) is 0 Å². The Balaban J connectivity index is 1.59. The number of aromatic hydroxyl groups is 1. The number of benzene rings is 2. The lowest BCUT2D eigenvalue weighted by Gasteiger charge is -2.26. The molecule has 4 rings (SSSR count). The molecule has 2 heterocycles. The lowest BCUT2D eigenvalue weighted by molar-refractivity contribution is -0.142. The van der Waals surface area contributed by atoms with Crippen molar-refractivity contribution in [1.29, 1.82) is 0 Å². The first kappa shape index (κ1) is 32.5. The summed E-state index contributed by atoms with van der Waals surface area (Å²) in [6.07, 6.45) is 4.28. The Labute approximate surface area is 257 Å². The van der Waals surface area contributed by atoms with Crippen LogP contribution in [-0.2, 0) is 32.0 Å². The molecule has 0 bridgehead atoms. The van der Waals surface area contributed by atoms with Gasteiger partial charge in [0.05, 0.1) is 6.04 Å². The summed E-state index contributed by atoms with van der Waals surface area (Å²) in [4.78, 5) is 55.9. The third-order valence-electron chi connectivity index (χ3n) is 7.92. The molecule has 1 aliphatic rings. The number of hydrogen-bond acceptors (Lipinski definition) is 6. The van der Waals surface area contributed by atoms with Crippen molar-refractivity contribution in [2.45, 2.75) is 83.5 Å². The van der Waals surface area contributed by atoms with Gasteiger partial charge in [-0.3, -0.25) is 14.4 Å². The number of amides is 3. The zero-order chi connectivity index (χ0) is 31.9.